The van der Waals surface area contributed by atoms with Gasteiger partial charge >= 0.3 is 11.8 Å². The number of hydrogen-bond acceptors (Lipinski definition) is 4. The molecule has 0 aromatic carbocycles. The molecule has 0 bridgehead atoms. The van der Waals surface area contributed by atoms with Crippen LogP contribution in [0.25, 0.3) is 0 Å². The second-order valence-electron chi connectivity index (χ2n) is 4.91. The van der Waals surface area contributed by atoms with Crippen LogP contribution >= 0.6 is 12.2 Å². The largest absolute Gasteiger partial charge is 0.392 e. The van der Waals surface area contributed by atoms with Gasteiger partial charge in [0.25, 0.3) is 0 Å². The van der Waals surface area contributed by atoms with Crippen molar-refractivity contribution in [2.75, 3.05) is 19.7 Å². The molecule has 0 spiro atoms. The lowest BCUT2D eigenvalue weighted by Gasteiger charge is -2.43. The number of carbonyl (C=O) groups excluding carboxylic acids is 2. The Morgan fingerprint density at radius 3 is 2.84 bits per heavy atom. The highest BCUT2D eigenvalue weighted by atomic mass is 32.1. The van der Waals surface area contributed by atoms with E-state index in [1.165, 1.54) is 0 Å². The van der Waals surface area contributed by atoms with Crippen LogP contribution in [0.5, 0.6) is 0 Å². The van der Waals surface area contributed by atoms with E-state index in [2.05, 4.69) is 17.5 Å². The molecule has 0 aromatic heterocycles. The van der Waals surface area contributed by atoms with Gasteiger partial charge in [0.2, 0.25) is 0 Å². The SMILES string of the molecule is NC(=S)CNC(=O)C(=O)N1CCOC2CCCCC21. The van der Waals surface area contributed by atoms with Crippen LogP contribution in [0.1, 0.15) is 25.7 Å². The summed E-state index contributed by atoms with van der Waals surface area (Å²) in [4.78, 5) is 25.7. The van der Waals surface area contributed by atoms with Crippen molar-refractivity contribution in [1.29, 1.82) is 0 Å². The average Bonchev–Trinajstić information content (AvgIpc) is 2.43. The molecule has 7 heteroatoms. The van der Waals surface area contributed by atoms with Gasteiger partial charge in [-0.1, -0.05) is 25.1 Å². The van der Waals surface area contributed by atoms with Crippen molar-refractivity contribution in [3.63, 3.8) is 0 Å². The second kappa shape index (κ2) is 6.29. The van der Waals surface area contributed by atoms with Crippen molar-refractivity contribution in [2.24, 2.45) is 5.73 Å². The zero-order valence-electron chi connectivity index (χ0n) is 10.8. The van der Waals surface area contributed by atoms with Crippen molar-refractivity contribution >= 4 is 29.0 Å². The minimum absolute atomic E-state index is 0.0329. The highest BCUT2D eigenvalue weighted by molar-refractivity contribution is 7.80. The van der Waals surface area contributed by atoms with E-state index in [0.717, 1.165) is 25.7 Å². The summed E-state index contributed by atoms with van der Waals surface area (Å²) in [5.74, 6) is -1.14. The van der Waals surface area contributed by atoms with Crippen LogP contribution in [0.15, 0.2) is 0 Å². The van der Waals surface area contributed by atoms with Crippen molar-refractivity contribution in [3.05, 3.63) is 0 Å². The van der Waals surface area contributed by atoms with E-state index in [1.807, 2.05) is 0 Å². The van der Waals surface area contributed by atoms with Crippen LogP contribution in [0.4, 0.5) is 0 Å². The average molecular weight is 285 g/mol. The van der Waals surface area contributed by atoms with Crippen LogP contribution < -0.4 is 11.1 Å². The minimum atomic E-state index is -0.640. The molecule has 2 rings (SSSR count). The Morgan fingerprint density at radius 2 is 2.11 bits per heavy atom. The number of hydrogen-bond donors (Lipinski definition) is 2. The first-order valence-corrected chi connectivity index (χ1v) is 6.99. The van der Waals surface area contributed by atoms with Crippen molar-refractivity contribution in [1.82, 2.24) is 10.2 Å². The lowest BCUT2D eigenvalue weighted by molar-refractivity contribution is -0.157. The van der Waals surface area contributed by atoms with Crippen molar-refractivity contribution in [2.45, 2.75) is 37.8 Å². The van der Waals surface area contributed by atoms with Gasteiger partial charge in [-0.25, -0.2) is 0 Å². The van der Waals surface area contributed by atoms with Crippen LogP contribution in [0.3, 0.4) is 0 Å². The van der Waals surface area contributed by atoms with E-state index in [1.54, 1.807) is 4.90 Å². The molecule has 1 aliphatic carbocycles. The summed E-state index contributed by atoms with van der Waals surface area (Å²) in [6.07, 6.45) is 4.14. The van der Waals surface area contributed by atoms with Gasteiger partial charge in [0.1, 0.15) is 0 Å². The van der Waals surface area contributed by atoms with Crippen molar-refractivity contribution < 1.29 is 14.3 Å². The van der Waals surface area contributed by atoms with Gasteiger partial charge in [-0.15, -0.1) is 0 Å². The third-order valence-corrected chi connectivity index (χ3v) is 3.75. The zero-order chi connectivity index (χ0) is 13.8. The third-order valence-electron chi connectivity index (χ3n) is 3.61. The zero-order valence-corrected chi connectivity index (χ0v) is 11.6. The van der Waals surface area contributed by atoms with E-state index in [4.69, 9.17) is 10.5 Å². The number of carbonyl (C=O) groups is 2. The predicted molar refractivity (Wildman–Crippen MR) is 73.5 cm³/mol. The number of amides is 2. The number of thiocarbonyl (C=S) groups is 1. The van der Waals surface area contributed by atoms with E-state index in [9.17, 15) is 9.59 Å². The fourth-order valence-electron chi connectivity index (χ4n) is 2.72. The molecule has 1 aliphatic heterocycles. The predicted octanol–water partition coefficient (Wildman–Crippen LogP) is -0.441. The molecule has 6 nitrogen and oxygen atoms in total. The molecule has 0 radical (unpaired) electrons. The smallest absolute Gasteiger partial charge is 0.312 e. The molecule has 3 N–H and O–H groups in total. The minimum Gasteiger partial charge on any atom is -0.392 e. The summed E-state index contributed by atoms with van der Waals surface area (Å²) in [7, 11) is 0. The lowest BCUT2D eigenvalue weighted by Crippen LogP contribution is -2.58. The Hall–Kier alpha value is -1.21. The van der Waals surface area contributed by atoms with Gasteiger partial charge < -0.3 is 20.7 Å². The van der Waals surface area contributed by atoms with Crippen LogP contribution in [-0.2, 0) is 14.3 Å². The Kier molecular flexibility index (Phi) is 4.71. The molecular weight excluding hydrogens is 266 g/mol. The van der Waals surface area contributed by atoms with E-state index < -0.39 is 11.8 Å². The number of nitrogens with two attached hydrogens (primary N) is 1. The van der Waals surface area contributed by atoms with Crippen LogP contribution in [0, 0.1) is 0 Å². The molecule has 1 heterocycles. The summed E-state index contributed by atoms with van der Waals surface area (Å²) in [6.45, 7) is 1.02. The number of fused-ring (bicyclic) bond motifs is 1. The summed E-state index contributed by atoms with van der Waals surface area (Å²) >= 11 is 4.67. The van der Waals surface area contributed by atoms with Gasteiger partial charge in [0.15, 0.2) is 0 Å². The first-order chi connectivity index (χ1) is 9.09. The maximum absolute atomic E-state index is 12.1. The monoisotopic (exact) mass is 285 g/mol. The number of nitrogens with one attached hydrogen (secondary N) is 1. The standard InChI is InChI=1S/C12H19N3O3S/c13-10(19)7-14-11(16)12(17)15-5-6-18-9-4-2-1-3-8(9)15/h8-9H,1-7H2,(H2,13,19)(H,14,16). The molecule has 2 aliphatic rings. The molecule has 2 atom stereocenters. The first-order valence-electron chi connectivity index (χ1n) is 6.58. The van der Waals surface area contributed by atoms with Gasteiger partial charge in [-0.05, 0) is 12.8 Å². The van der Waals surface area contributed by atoms with Crippen molar-refractivity contribution in [3.8, 4) is 0 Å². The van der Waals surface area contributed by atoms with Gasteiger partial charge in [-0.3, -0.25) is 9.59 Å². The van der Waals surface area contributed by atoms with E-state index >= 15 is 0 Å². The quantitative estimate of drug-likeness (QED) is 0.531. The molecule has 1 saturated heterocycles. The fraction of sp³-hybridized carbons (Fsp3) is 0.750. The maximum Gasteiger partial charge on any atom is 0.312 e. The normalized spacial score (nSPS) is 26.4. The van der Waals surface area contributed by atoms with E-state index in [-0.39, 0.29) is 23.7 Å². The van der Waals surface area contributed by atoms with Crippen LogP contribution in [0.2, 0.25) is 0 Å². The summed E-state index contributed by atoms with van der Waals surface area (Å²) in [5.41, 5.74) is 5.30. The summed E-state index contributed by atoms with van der Waals surface area (Å²) in [5, 5.41) is 2.44. The number of ether oxygens (including phenoxy) is 1. The molecule has 19 heavy (non-hydrogen) atoms. The molecule has 106 valence electrons. The topological polar surface area (TPSA) is 84.7 Å². The second-order valence-corrected chi connectivity index (χ2v) is 5.43. The van der Waals surface area contributed by atoms with Gasteiger partial charge in [-0.2, -0.15) is 0 Å². The molecule has 2 fully saturated rings. The Balaban J connectivity index is 1.96. The maximum atomic E-state index is 12.1. The molecular formula is C12H19N3O3S. The Labute approximate surface area is 117 Å². The summed E-state index contributed by atoms with van der Waals surface area (Å²) in [6, 6.07) is 0.0329. The fourth-order valence-corrected chi connectivity index (χ4v) is 2.79. The van der Waals surface area contributed by atoms with Crippen LogP contribution in [-0.4, -0.2) is 53.5 Å². The Morgan fingerprint density at radius 1 is 1.37 bits per heavy atom. The third kappa shape index (κ3) is 3.42. The lowest BCUT2D eigenvalue weighted by atomic mass is 9.90. The molecule has 0 aromatic rings. The Bertz CT molecular complexity index is 386. The first kappa shape index (κ1) is 14.2. The highest BCUT2D eigenvalue weighted by Gasteiger charge is 2.38. The van der Waals surface area contributed by atoms with E-state index in [0.29, 0.717) is 13.2 Å². The molecule has 1 saturated carbocycles. The van der Waals surface area contributed by atoms with Gasteiger partial charge in [0.05, 0.1) is 30.3 Å². The number of morpholine rings is 1. The molecule has 2 amide bonds. The summed E-state index contributed by atoms with van der Waals surface area (Å²) < 4.78 is 5.67. The highest BCUT2D eigenvalue weighted by Crippen LogP contribution is 2.28. The molecule has 2 unspecified atom stereocenters. The van der Waals surface area contributed by atoms with Gasteiger partial charge in [0, 0.05) is 6.54 Å². The number of rotatable bonds is 2. The number of nitrogens with zero attached hydrogens (tertiary/aromatic N) is 1.